The van der Waals surface area contributed by atoms with Gasteiger partial charge in [0.2, 0.25) is 5.91 Å². The number of nitrogens with zero attached hydrogens (tertiary/aromatic N) is 2. The van der Waals surface area contributed by atoms with E-state index in [0.29, 0.717) is 30.6 Å². The van der Waals surface area contributed by atoms with Gasteiger partial charge in [-0.05, 0) is 120 Å². The molecule has 0 spiro atoms. The van der Waals surface area contributed by atoms with E-state index in [1.54, 1.807) is 17.6 Å². The summed E-state index contributed by atoms with van der Waals surface area (Å²) in [5.41, 5.74) is 4.39. The van der Waals surface area contributed by atoms with Crippen LogP contribution in [-0.2, 0) is 17.6 Å². The molecule has 2 aliphatic rings. The standard InChI is InChI=1S/C34H45N3O5/c1-25-6-13-32-28(22-25)24-29(34(39)42-32)23-27(33(38)35-40)10-7-26-8-11-31(12-9-26)41-21-5-16-36-19-14-30(15-20-36)37-17-3-2-4-18-37/h6,8-9,11-13,22,24,27,30,40H,2-5,7,10,14-21,23H2,1H3,(H,35,38). The maximum absolute atomic E-state index is 12.6. The van der Waals surface area contributed by atoms with Gasteiger partial charge in [-0.25, -0.2) is 10.3 Å². The number of ether oxygens (including phenoxy) is 1. The fourth-order valence-corrected chi connectivity index (χ4v) is 6.47. The Morgan fingerprint density at radius 3 is 2.55 bits per heavy atom. The first kappa shape index (κ1) is 30.3. The number of carbonyl (C=O) groups excluding carboxylic acids is 1. The van der Waals surface area contributed by atoms with E-state index in [1.165, 1.54) is 58.3 Å². The number of likely N-dealkylation sites (tertiary alicyclic amines) is 2. The third kappa shape index (κ3) is 8.21. The first-order valence-electron chi connectivity index (χ1n) is 15.6. The molecular weight excluding hydrogens is 530 g/mol. The Labute approximate surface area is 248 Å². The van der Waals surface area contributed by atoms with Crippen LogP contribution in [0.2, 0.25) is 0 Å². The average molecular weight is 576 g/mol. The molecule has 0 aliphatic carbocycles. The van der Waals surface area contributed by atoms with E-state index in [9.17, 15) is 14.8 Å². The first-order chi connectivity index (χ1) is 20.5. The van der Waals surface area contributed by atoms with E-state index in [4.69, 9.17) is 9.15 Å². The molecule has 1 aromatic heterocycles. The van der Waals surface area contributed by atoms with Crippen LogP contribution in [0.25, 0.3) is 11.0 Å². The van der Waals surface area contributed by atoms with E-state index in [1.807, 2.05) is 43.3 Å². The van der Waals surface area contributed by atoms with Gasteiger partial charge in [-0.15, -0.1) is 0 Å². The Morgan fingerprint density at radius 2 is 1.81 bits per heavy atom. The minimum absolute atomic E-state index is 0.190. The zero-order valence-electron chi connectivity index (χ0n) is 24.9. The molecule has 1 atom stereocenters. The normalized spacial score (nSPS) is 17.8. The molecule has 2 aliphatic heterocycles. The van der Waals surface area contributed by atoms with Crippen LogP contribution in [-0.4, -0.2) is 66.3 Å². The van der Waals surface area contributed by atoms with Gasteiger partial charge < -0.3 is 19.0 Å². The summed E-state index contributed by atoms with van der Waals surface area (Å²) < 4.78 is 11.5. The van der Waals surface area contributed by atoms with Gasteiger partial charge in [0, 0.05) is 29.5 Å². The summed E-state index contributed by atoms with van der Waals surface area (Å²) in [6.07, 6.45) is 9.02. The number of carbonyl (C=O) groups is 1. The fraction of sp³-hybridized carbons (Fsp3) is 0.529. The smallest absolute Gasteiger partial charge is 0.339 e. The molecule has 3 aromatic rings. The number of rotatable bonds is 12. The molecule has 2 fully saturated rings. The predicted octanol–water partition coefficient (Wildman–Crippen LogP) is 5.12. The maximum atomic E-state index is 12.6. The van der Waals surface area contributed by atoms with Crippen LogP contribution in [0.3, 0.4) is 0 Å². The second kappa shape index (κ2) is 14.8. The number of hydroxylamine groups is 1. The predicted molar refractivity (Wildman–Crippen MR) is 164 cm³/mol. The van der Waals surface area contributed by atoms with Crippen molar-refractivity contribution in [2.75, 3.05) is 39.3 Å². The monoisotopic (exact) mass is 575 g/mol. The van der Waals surface area contributed by atoms with Crippen LogP contribution in [0, 0.1) is 12.8 Å². The number of hydrogen-bond donors (Lipinski definition) is 2. The number of amides is 1. The van der Waals surface area contributed by atoms with Crippen LogP contribution in [0.15, 0.2) is 57.7 Å². The van der Waals surface area contributed by atoms with Crippen molar-refractivity contribution in [3.63, 3.8) is 0 Å². The van der Waals surface area contributed by atoms with E-state index >= 15 is 0 Å². The van der Waals surface area contributed by atoms with E-state index in [2.05, 4.69) is 9.80 Å². The Kier molecular flexibility index (Phi) is 10.7. The lowest BCUT2D eigenvalue weighted by Gasteiger charge is -2.40. The van der Waals surface area contributed by atoms with Crippen molar-refractivity contribution in [2.24, 2.45) is 5.92 Å². The third-order valence-electron chi connectivity index (χ3n) is 8.96. The SMILES string of the molecule is Cc1ccc2oc(=O)c(CC(CCc3ccc(OCCCN4CCC(N5CCCCC5)CC4)cc3)C(=O)NO)cc2c1. The number of nitrogens with one attached hydrogen (secondary N) is 1. The third-order valence-corrected chi connectivity index (χ3v) is 8.96. The zero-order chi connectivity index (χ0) is 29.3. The molecule has 0 bridgehead atoms. The largest absolute Gasteiger partial charge is 0.494 e. The van der Waals surface area contributed by atoms with Gasteiger partial charge in [0.05, 0.1) is 6.61 Å². The second-order valence-corrected chi connectivity index (χ2v) is 12.0. The van der Waals surface area contributed by atoms with Crippen molar-refractivity contribution in [1.29, 1.82) is 0 Å². The van der Waals surface area contributed by atoms with Gasteiger partial charge >= 0.3 is 5.63 Å². The van der Waals surface area contributed by atoms with Crippen LogP contribution in [0.4, 0.5) is 0 Å². The lowest BCUT2D eigenvalue weighted by molar-refractivity contribution is -0.133. The molecule has 42 heavy (non-hydrogen) atoms. The first-order valence-corrected chi connectivity index (χ1v) is 15.6. The molecule has 8 heteroatoms. The van der Waals surface area contributed by atoms with Gasteiger partial charge in [0.1, 0.15) is 11.3 Å². The Hall–Kier alpha value is -3.20. The summed E-state index contributed by atoms with van der Waals surface area (Å²) in [5.74, 6) is -0.230. The quantitative estimate of drug-likeness (QED) is 0.134. The molecule has 5 rings (SSSR count). The zero-order valence-corrected chi connectivity index (χ0v) is 24.9. The molecule has 1 amide bonds. The molecule has 226 valence electrons. The Balaban J connectivity index is 1.05. The van der Waals surface area contributed by atoms with Crippen LogP contribution in [0.5, 0.6) is 5.75 Å². The van der Waals surface area contributed by atoms with E-state index < -0.39 is 17.5 Å². The van der Waals surface area contributed by atoms with Gasteiger partial charge in [-0.2, -0.15) is 0 Å². The fourth-order valence-electron chi connectivity index (χ4n) is 6.47. The maximum Gasteiger partial charge on any atom is 0.339 e. The van der Waals surface area contributed by atoms with Gasteiger partial charge in [-0.1, -0.05) is 30.2 Å². The number of aryl methyl sites for hydroxylation is 2. The highest BCUT2D eigenvalue weighted by molar-refractivity contribution is 5.79. The van der Waals surface area contributed by atoms with Gasteiger partial charge in [0.25, 0.3) is 0 Å². The highest BCUT2D eigenvalue weighted by Gasteiger charge is 2.25. The van der Waals surface area contributed by atoms with E-state index in [-0.39, 0.29) is 6.42 Å². The van der Waals surface area contributed by atoms with Gasteiger partial charge in [0.15, 0.2) is 0 Å². The van der Waals surface area contributed by atoms with Crippen molar-refractivity contribution < 1.29 is 19.2 Å². The minimum atomic E-state index is -0.569. The van der Waals surface area contributed by atoms with Crippen molar-refractivity contribution in [2.45, 2.75) is 70.8 Å². The highest BCUT2D eigenvalue weighted by atomic mass is 16.5. The van der Waals surface area contributed by atoms with Crippen LogP contribution < -0.4 is 15.8 Å². The van der Waals surface area contributed by atoms with Crippen LogP contribution >= 0.6 is 0 Å². The van der Waals surface area contributed by atoms with Crippen LogP contribution in [0.1, 0.15) is 61.6 Å². The summed E-state index contributed by atoms with van der Waals surface area (Å²) in [6, 6.07) is 16.2. The number of benzene rings is 2. The van der Waals surface area contributed by atoms with Crippen molar-refractivity contribution in [1.82, 2.24) is 15.3 Å². The summed E-state index contributed by atoms with van der Waals surface area (Å²) >= 11 is 0. The lowest BCUT2D eigenvalue weighted by Crippen LogP contribution is -2.46. The molecule has 1 unspecified atom stereocenters. The molecule has 2 N–H and O–H groups in total. The summed E-state index contributed by atoms with van der Waals surface area (Å²) in [5, 5.41) is 10.1. The molecule has 2 saturated heterocycles. The van der Waals surface area contributed by atoms with Crippen molar-refractivity contribution in [3.05, 3.63) is 75.6 Å². The summed E-state index contributed by atoms with van der Waals surface area (Å²) in [6.45, 7) is 8.71. The Bertz CT molecular complexity index is 1360. The summed E-state index contributed by atoms with van der Waals surface area (Å²) in [4.78, 5) is 30.3. The number of hydrogen-bond acceptors (Lipinski definition) is 7. The van der Waals surface area contributed by atoms with Crippen molar-refractivity contribution >= 4 is 16.9 Å². The van der Waals surface area contributed by atoms with Gasteiger partial charge in [-0.3, -0.25) is 10.0 Å². The Morgan fingerprint density at radius 1 is 1.05 bits per heavy atom. The number of piperidine rings is 2. The molecule has 3 heterocycles. The second-order valence-electron chi connectivity index (χ2n) is 12.0. The lowest BCUT2D eigenvalue weighted by atomic mass is 9.92. The minimum Gasteiger partial charge on any atom is -0.494 e. The molecule has 8 nitrogen and oxygen atoms in total. The number of fused-ring (bicyclic) bond motifs is 1. The topological polar surface area (TPSA) is 95.2 Å². The van der Waals surface area contributed by atoms with E-state index in [0.717, 1.165) is 41.3 Å². The molecule has 0 radical (unpaired) electrons. The molecule has 0 saturated carbocycles. The van der Waals surface area contributed by atoms with Crippen molar-refractivity contribution in [3.8, 4) is 5.75 Å². The summed E-state index contributed by atoms with van der Waals surface area (Å²) in [7, 11) is 0. The highest BCUT2D eigenvalue weighted by Crippen LogP contribution is 2.22. The average Bonchev–Trinajstić information content (AvgIpc) is 3.02. The molecule has 2 aromatic carbocycles. The molecular formula is C34H45N3O5.